The summed E-state index contributed by atoms with van der Waals surface area (Å²) in [4.78, 5) is 26.9. The highest BCUT2D eigenvalue weighted by Gasteiger charge is 2.42. The molecule has 36 heavy (non-hydrogen) atoms. The van der Waals surface area contributed by atoms with E-state index in [1.807, 2.05) is 50.2 Å². The molecule has 2 heterocycles. The van der Waals surface area contributed by atoms with Crippen LogP contribution in [-0.2, 0) is 9.59 Å². The molecule has 1 aliphatic heterocycles. The SMILES string of the molecule is CCC(C)[C@@H](C(=O)O)N1C(=O)/C(=C/c2c(C)nn(-c3ccccc3)c2Oc2ccccc2Cl)SC1=S. The molecule has 0 aliphatic carbocycles. The lowest BCUT2D eigenvalue weighted by molar-refractivity contribution is -0.147. The maximum atomic E-state index is 13.4. The number of amides is 1. The van der Waals surface area contributed by atoms with Gasteiger partial charge in [-0.05, 0) is 43.2 Å². The predicted octanol–water partition coefficient (Wildman–Crippen LogP) is 6.33. The average molecular weight is 542 g/mol. The molecular formula is C26H24ClN3O4S2. The molecule has 0 bridgehead atoms. The van der Waals surface area contributed by atoms with Crippen LogP contribution in [0.3, 0.4) is 0 Å². The van der Waals surface area contributed by atoms with E-state index in [2.05, 4.69) is 5.10 Å². The zero-order valence-electron chi connectivity index (χ0n) is 19.8. The summed E-state index contributed by atoms with van der Waals surface area (Å²) in [5, 5.41) is 14.9. The summed E-state index contributed by atoms with van der Waals surface area (Å²) in [6.07, 6.45) is 2.24. The van der Waals surface area contributed by atoms with Crippen molar-refractivity contribution in [2.45, 2.75) is 33.2 Å². The summed E-state index contributed by atoms with van der Waals surface area (Å²) in [6.45, 7) is 5.49. The van der Waals surface area contributed by atoms with Crippen molar-refractivity contribution in [1.82, 2.24) is 14.7 Å². The number of aryl methyl sites for hydroxylation is 1. The second kappa shape index (κ2) is 10.9. The molecule has 0 spiro atoms. The molecule has 1 fully saturated rings. The summed E-state index contributed by atoms with van der Waals surface area (Å²) in [5.41, 5.74) is 1.94. The van der Waals surface area contributed by atoms with Gasteiger partial charge in [0.15, 0.2) is 0 Å². The Morgan fingerprint density at radius 1 is 1.22 bits per heavy atom. The number of hydrogen-bond donors (Lipinski definition) is 1. The van der Waals surface area contributed by atoms with Crippen molar-refractivity contribution in [1.29, 1.82) is 0 Å². The number of para-hydroxylation sites is 2. The predicted molar refractivity (Wildman–Crippen MR) is 146 cm³/mol. The lowest BCUT2D eigenvalue weighted by Gasteiger charge is -2.27. The number of benzene rings is 2. The lowest BCUT2D eigenvalue weighted by Crippen LogP contribution is -2.47. The Morgan fingerprint density at radius 3 is 2.53 bits per heavy atom. The standard InChI is InChI=1S/C26H24ClN3O4S2/c1-4-15(2)22(25(32)33)29-23(31)21(36-26(29)35)14-18-16(3)28-30(17-10-6-5-7-11-17)24(18)34-20-13-9-8-12-19(20)27/h5-15,22H,4H2,1-3H3,(H,32,33)/b21-14-/t15?,22-/m0/s1. The van der Waals surface area contributed by atoms with Crippen LogP contribution >= 0.6 is 35.6 Å². The van der Waals surface area contributed by atoms with Crippen LogP contribution in [0.5, 0.6) is 11.6 Å². The number of carbonyl (C=O) groups excluding carboxylic acids is 1. The van der Waals surface area contributed by atoms with Gasteiger partial charge in [-0.3, -0.25) is 9.69 Å². The topological polar surface area (TPSA) is 84.7 Å². The number of rotatable bonds is 8. The number of carboxylic acids is 1. The van der Waals surface area contributed by atoms with Crippen LogP contribution in [0.2, 0.25) is 5.02 Å². The van der Waals surface area contributed by atoms with Crippen molar-refractivity contribution in [3.05, 3.63) is 75.8 Å². The molecule has 7 nitrogen and oxygen atoms in total. The Morgan fingerprint density at radius 2 is 1.89 bits per heavy atom. The number of aliphatic carboxylic acids is 1. The molecule has 0 saturated carbocycles. The first-order valence-corrected chi connectivity index (χ1v) is 12.9. The number of carbonyl (C=O) groups is 2. The number of hydrogen-bond acceptors (Lipinski definition) is 6. The van der Waals surface area contributed by atoms with E-state index < -0.39 is 17.9 Å². The van der Waals surface area contributed by atoms with E-state index in [0.29, 0.717) is 39.2 Å². The molecule has 1 aromatic heterocycles. The molecule has 1 N–H and O–H groups in total. The third kappa shape index (κ3) is 5.04. The minimum Gasteiger partial charge on any atom is -0.480 e. The molecule has 3 aromatic rings. The van der Waals surface area contributed by atoms with Gasteiger partial charge in [-0.15, -0.1) is 0 Å². The van der Waals surface area contributed by atoms with E-state index in [-0.39, 0.29) is 10.2 Å². The van der Waals surface area contributed by atoms with Crippen LogP contribution in [0.1, 0.15) is 31.5 Å². The Bertz CT molecular complexity index is 1360. The molecule has 0 radical (unpaired) electrons. The number of thioether (sulfide) groups is 1. The van der Waals surface area contributed by atoms with Crippen molar-refractivity contribution in [2.24, 2.45) is 5.92 Å². The van der Waals surface area contributed by atoms with Crippen molar-refractivity contribution in [2.75, 3.05) is 0 Å². The summed E-state index contributed by atoms with van der Waals surface area (Å²) >= 11 is 12.9. The van der Waals surface area contributed by atoms with Gasteiger partial charge in [-0.2, -0.15) is 9.78 Å². The van der Waals surface area contributed by atoms with Crippen LogP contribution in [-0.4, -0.2) is 42.0 Å². The van der Waals surface area contributed by atoms with E-state index >= 15 is 0 Å². The summed E-state index contributed by atoms with van der Waals surface area (Å²) in [5.74, 6) is -1.01. The zero-order valence-corrected chi connectivity index (χ0v) is 22.2. The third-order valence-electron chi connectivity index (χ3n) is 5.92. The minimum absolute atomic E-state index is 0.209. The van der Waals surface area contributed by atoms with E-state index in [4.69, 9.17) is 28.6 Å². The fraction of sp³-hybridized carbons (Fsp3) is 0.231. The highest BCUT2D eigenvalue weighted by atomic mass is 35.5. The van der Waals surface area contributed by atoms with Gasteiger partial charge in [0, 0.05) is 0 Å². The largest absolute Gasteiger partial charge is 0.480 e. The van der Waals surface area contributed by atoms with Gasteiger partial charge in [-0.1, -0.05) is 86.2 Å². The van der Waals surface area contributed by atoms with Crippen LogP contribution in [0, 0.1) is 12.8 Å². The van der Waals surface area contributed by atoms with Gasteiger partial charge in [-0.25, -0.2) is 4.79 Å². The normalized spacial score (nSPS) is 16.4. The molecule has 1 aliphatic rings. The maximum Gasteiger partial charge on any atom is 0.327 e. The Balaban J connectivity index is 1.81. The Hall–Kier alpha value is -3.14. The maximum absolute atomic E-state index is 13.4. The smallest absolute Gasteiger partial charge is 0.327 e. The number of nitrogens with zero attached hydrogens (tertiary/aromatic N) is 3. The molecule has 186 valence electrons. The van der Waals surface area contributed by atoms with Crippen molar-refractivity contribution in [3.63, 3.8) is 0 Å². The third-order valence-corrected chi connectivity index (χ3v) is 7.56. The molecular weight excluding hydrogens is 518 g/mol. The van der Waals surface area contributed by atoms with Gasteiger partial charge in [0.25, 0.3) is 5.91 Å². The molecule has 1 saturated heterocycles. The van der Waals surface area contributed by atoms with Crippen LogP contribution < -0.4 is 4.74 Å². The number of thiocarbonyl (C=S) groups is 1. The lowest BCUT2D eigenvalue weighted by atomic mass is 9.98. The molecule has 1 unspecified atom stereocenters. The van der Waals surface area contributed by atoms with Gasteiger partial charge < -0.3 is 9.84 Å². The van der Waals surface area contributed by atoms with Gasteiger partial charge in [0.05, 0.1) is 26.9 Å². The van der Waals surface area contributed by atoms with Crippen LogP contribution in [0.25, 0.3) is 11.8 Å². The average Bonchev–Trinajstić information content (AvgIpc) is 3.31. The van der Waals surface area contributed by atoms with Gasteiger partial charge in [0.1, 0.15) is 16.1 Å². The molecule has 2 atom stereocenters. The second-order valence-corrected chi connectivity index (χ2v) is 10.4. The second-order valence-electron chi connectivity index (χ2n) is 8.30. The molecule has 2 aromatic carbocycles. The summed E-state index contributed by atoms with van der Waals surface area (Å²) < 4.78 is 8.10. The van der Waals surface area contributed by atoms with Crippen LogP contribution in [0.15, 0.2) is 59.5 Å². The van der Waals surface area contributed by atoms with E-state index in [1.165, 1.54) is 4.90 Å². The van der Waals surface area contributed by atoms with E-state index in [9.17, 15) is 14.7 Å². The van der Waals surface area contributed by atoms with E-state index in [1.54, 1.807) is 35.9 Å². The summed E-state index contributed by atoms with van der Waals surface area (Å²) in [7, 11) is 0. The number of carboxylic acid groups (broad SMARTS) is 1. The first-order chi connectivity index (χ1) is 17.2. The minimum atomic E-state index is -1.09. The summed E-state index contributed by atoms with van der Waals surface area (Å²) in [6, 6.07) is 15.5. The van der Waals surface area contributed by atoms with Crippen molar-refractivity contribution in [3.8, 4) is 17.3 Å². The van der Waals surface area contributed by atoms with Crippen LogP contribution in [0.4, 0.5) is 0 Å². The fourth-order valence-electron chi connectivity index (χ4n) is 3.84. The first-order valence-electron chi connectivity index (χ1n) is 11.3. The molecule has 10 heteroatoms. The molecule has 1 amide bonds. The Kier molecular flexibility index (Phi) is 7.82. The van der Waals surface area contributed by atoms with Crippen molar-refractivity contribution < 1.29 is 19.4 Å². The highest BCUT2D eigenvalue weighted by Crippen LogP contribution is 2.40. The fourth-order valence-corrected chi connectivity index (χ4v) is 5.33. The number of aromatic nitrogens is 2. The van der Waals surface area contributed by atoms with Crippen molar-refractivity contribution >= 4 is 57.9 Å². The number of ether oxygens (including phenoxy) is 1. The van der Waals surface area contributed by atoms with Gasteiger partial charge >= 0.3 is 5.97 Å². The Labute approximate surface area is 223 Å². The van der Waals surface area contributed by atoms with Gasteiger partial charge in [0.2, 0.25) is 5.88 Å². The monoisotopic (exact) mass is 541 g/mol. The highest BCUT2D eigenvalue weighted by molar-refractivity contribution is 8.26. The quantitative estimate of drug-likeness (QED) is 0.263. The number of halogens is 1. The van der Waals surface area contributed by atoms with E-state index in [0.717, 1.165) is 17.4 Å². The zero-order chi connectivity index (χ0) is 26.0. The first kappa shape index (κ1) is 25.9. The molecule has 4 rings (SSSR count).